The Labute approximate surface area is 180 Å². The summed E-state index contributed by atoms with van der Waals surface area (Å²) in [5, 5.41) is 0. The molecule has 148 valence electrons. The molecule has 29 heavy (non-hydrogen) atoms. The number of halogens is 2. The molecule has 0 saturated carbocycles. The third-order valence-electron chi connectivity index (χ3n) is 4.55. The van der Waals surface area contributed by atoms with E-state index in [4.69, 9.17) is 23.2 Å². The third kappa shape index (κ3) is 4.61. The van der Waals surface area contributed by atoms with E-state index >= 15 is 0 Å². The summed E-state index contributed by atoms with van der Waals surface area (Å²) in [7, 11) is 0. The Morgan fingerprint density at radius 2 is 1.21 bits per heavy atom. The lowest BCUT2D eigenvalue weighted by Crippen LogP contribution is -2.31. The monoisotopic (exact) mass is 426 g/mol. The predicted molar refractivity (Wildman–Crippen MR) is 119 cm³/mol. The topological polar surface area (TPSA) is 40.6 Å². The van der Waals surface area contributed by atoms with Crippen LogP contribution in [0.5, 0.6) is 0 Å². The first-order valence-corrected chi connectivity index (χ1v) is 10.1. The maximum Gasteiger partial charge on any atom is 0.259 e. The van der Waals surface area contributed by atoms with Crippen molar-refractivity contribution in [3.63, 3.8) is 0 Å². The van der Waals surface area contributed by atoms with Crippen LogP contribution in [0.25, 0.3) is 0 Å². The highest BCUT2D eigenvalue weighted by Crippen LogP contribution is 2.28. The molecule has 0 atom stereocenters. The highest BCUT2D eigenvalue weighted by molar-refractivity contribution is 6.24. The minimum Gasteiger partial charge on any atom is -0.294 e. The highest BCUT2D eigenvalue weighted by atomic mass is 35.5. The van der Waals surface area contributed by atoms with Gasteiger partial charge in [0, 0.05) is 22.5 Å². The molecular weight excluding hydrogens is 407 g/mol. The van der Waals surface area contributed by atoms with E-state index in [9.17, 15) is 9.59 Å². The van der Waals surface area contributed by atoms with Gasteiger partial charge >= 0.3 is 0 Å². The minimum absolute atomic E-state index is 0.00861. The largest absolute Gasteiger partial charge is 0.294 e. The van der Waals surface area contributed by atoms with Crippen molar-refractivity contribution in [3.8, 4) is 0 Å². The zero-order valence-electron chi connectivity index (χ0n) is 15.9. The summed E-state index contributed by atoms with van der Waals surface area (Å²) in [6.07, 6.45) is 0. The molecule has 0 heterocycles. The Hall–Kier alpha value is -2.82. The van der Waals surface area contributed by atoms with Crippen LogP contribution in [-0.4, -0.2) is 23.8 Å². The quantitative estimate of drug-likeness (QED) is 0.375. The van der Waals surface area contributed by atoms with E-state index < -0.39 is 0 Å². The van der Waals surface area contributed by atoms with E-state index in [1.165, 1.54) is 9.80 Å². The Morgan fingerprint density at radius 3 is 1.66 bits per heavy atom. The number of hydrogen-bond acceptors (Lipinski definition) is 2. The molecule has 3 rings (SSSR count). The van der Waals surface area contributed by atoms with Gasteiger partial charge in [0.1, 0.15) is 12.0 Å². The van der Waals surface area contributed by atoms with Crippen LogP contribution in [0.2, 0.25) is 0 Å². The van der Waals surface area contributed by atoms with Crippen LogP contribution in [0.3, 0.4) is 0 Å². The molecule has 0 N–H and O–H groups in total. The van der Waals surface area contributed by atoms with Crippen LogP contribution < -0.4 is 9.80 Å². The maximum atomic E-state index is 12.9. The molecule has 0 fully saturated rings. The lowest BCUT2D eigenvalue weighted by Gasteiger charge is -2.25. The van der Waals surface area contributed by atoms with E-state index in [1.807, 2.05) is 49.4 Å². The standard InChI is InChI=1S/C23H20Cl2N2O2/c1-17-14-20(26(15-24)22(28)18-8-4-2-5-9-18)12-13-21(17)27(16-25)23(29)19-10-6-3-7-11-19/h2-14H,15-16H2,1H3. The van der Waals surface area contributed by atoms with Gasteiger partial charge in [-0.1, -0.05) is 36.4 Å². The first-order chi connectivity index (χ1) is 14.1. The Kier molecular flexibility index (Phi) is 6.91. The van der Waals surface area contributed by atoms with Gasteiger partial charge in [0.15, 0.2) is 0 Å². The molecule has 0 aromatic heterocycles. The molecule has 2 amide bonds. The second-order valence-electron chi connectivity index (χ2n) is 6.41. The number of carbonyl (C=O) groups excluding carboxylic acids is 2. The van der Waals surface area contributed by atoms with Gasteiger partial charge in [-0.2, -0.15) is 0 Å². The van der Waals surface area contributed by atoms with Crippen molar-refractivity contribution in [1.82, 2.24) is 0 Å². The molecular formula is C23H20Cl2N2O2. The number of carbonyl (C=O) groups is 2. The number of nitrogens with zero attached hydrogens (tertiary/aromatic N) is 2. The number of aryl methyl sites for hydroxylation is 1. The van der Waals surface area contributed by atoms with Gasteiger partial charge in [-0.25, -0.2) is 0 Å². The Balaban J connectivity index is 1.90. The fourth-order valence-corrected chi connectivity index (χ4v) is 3.54. The van der Waals surface area contributed by atoms with Gasteiger partial charge in [-0.3, -0.25) is 19.4 Å². The molecule has 0 radical (unpaired) electrons. The summed E-state index contributed by atoms with van der Waals surface area (Å²) in [6.45, 7) is 1.87. The molecule has 0 unspecified atom stereocenters. The van der Waals surface area contributed by atoms with Gasteiger partial charge in [0.05, 0.1) is 0 Å². The smallest absolute Gasteiger partial charge is 0.259 e. The Morgan fingerprint density at radius 1 is 0.724 bits per heavy atom. The van der Waals surface area contributed by atoms with E-state index in [0.29, 0.717) is 22.5 Å². The zero-order valence-corrected chi connectivity index (χ0v) is 17.4. The van der Waals surface area contributed by atoms with Crippen LogP contribution >= 0.6 is 23.2 Å². The van der Waals surface area contributed by atoms with Gasteiger partial charge in [-0.05, 0) is 55.0 Å². The van der Waals surface area contributed by atoms with E-state index in [2.05, 4.69) is 0 Å². The fraction of sp³-hybridized carbons (Fsp3) is 0.130. The molecule has 0 saturated heterocycles. The average molecular weight is 427 g/mol. The van der Waals surface area contributed by atoms with Crippen LogP contribution in [-0.2, 0) is 0 Å². The van der Waals surface area contributed by atoms with Crippen LogP contribution in [0.15, 0.2) is 78.9 Å². The fourth-order valence-electron chi connectivity index (χ4n) is 3.05. The Bertz CT molecular complexity index is 994. The molecule has 3 aromatic rings. The lowest BCUT2D eigenvalue weighted by atomic mass is 10.1. The number of rotatable bonds is 6. The van der Waals surface area contributed by atoms with Crippen molar-refractivity contribution < 1.29 is 9.59 Å². The second-order valence-corrected chi connectivity index (χ2v) is 6.89. The van der Waals surface area contributed by atoms with Crippen LogP contribution in [0, 0.1) is 6.92 Å². The molecule has 0 aliphatic heterocycles. The third-order valence-corrected chi connectivity index (χ3v) is 5.03. The first-order valence-electron chi connectivity index (χ1n) is 9.03. The van der Waals surface area contributed by atoms with Crippen molar-refractivity contribution in [3.05, 3.63) is 95.6 Å². The van der Waals surface area contributed by atoms with E-state index in [-0.39, 0.29) is 23.8 Å². The van der Waals surface area contributed by atoms with Crippen molar-refractivity contribution in [1.29, 1.82) is 0 Å². The van der Waals surface area contributed by atoms with Gasteiger partial charge < -0.3 is 0 Å². The number of alkyl halides is 2. The zero-order chi connectivity index (χ0) is 20.8. The number of amides is 2. The highest BCUT2D eigenvalue weighted by Gasteiger charge is 2.21. The van der Waals surface area contributed by atoms with Crippen LogP contribution in [0.1, 0.15) is 26.3 Å². The normalized spacial score (nSPS) is 10.4. The molecule has 4 nitrogen and oxygen atoms in total. The van der Waals surface area contributed by atoms with Crippen molar-refractivity contribution in [2.45, 2.75) is 6.92 Å². The number of benzene rings is 3. The summed E-state index contributed by atoms with van der Waals surface area (Å²) in [5.74, 6) is -0.381. The SMILES string of the molecule is Cc1cc(N(CCl)C(=O)c2ccccc2)ccc1N(CCl)C(=O)c1ccccc1. The lowest BCUT2D eigenvalue weighted by molar-refractivity contribution is 0.0983. The van der Waals surface area contributed by atoms with Crippen molar-refractivity contribution in [2.75, 3.05) is 21.8 Å². The van der Waals surface area contributed by atoms with Gasteiger partial charge in [-0.15, -0.1) is 23.2 Å². The molecule has 3 aromatic carbocycles. The summed E-state index contributed by atoms with van der Waals surface area (Å²) in [4.78, 5) is 28.6. The predicted octanol–water partition coefficient (Wildman–Crippen LogP) is 5.68. The summed E-state index contributed by atoms with van der Waals surface area (Å²) >= 11 is 12.2. The maximum absolute atomic E-state index is 12.9. The minimum atomic E-state index is -0.192. The van der Waals surface area contributed by atoms with Gasteiger partial charge in [0.25, 0.3) is 11.8 Å². The molecule has 0 aliphatic rings. The molecule has 0 bridgehead atoms. The summed E-state index contributed by atoms with van der Waals surface area (Å²) in [5.41, 5.74) is 3.24. The van der Waals surface area contributed by atoms with E-state index in [0.717, 1.165) is 5.56 Å². The number of hydrogen-bond donors (Lipinski definition) is 0. The number of anilines is 2. The molecule has 0 spiro atoms. The summed E-state index contributed by atoms with van der Waals surface area (Å²) in [6, 6.07) is 23.3. The van der Waals surface area contributed by atoms with Gasteiger partial charge in [0.2, 0.25) is 0 Å². The first kappa shape index (κ1) is 20.9. The summed E-state index contributed by atoms with van der Waals surface area (Å²) < 4.78 is 0. The second kappa shape index (κ2) is 9.59. The van der Waals surface area contributed by atoms with Crippen molar-refractivity contribution in [2.24, 2.45) is 0 Å². The molecule has 6 heteroatoms. The van der Waals surface area contributed by atoms with Crippen LogP contribution in [0.4, 0.5) is 11.4 Å². The average Bonchev–Trinajstić information content (AvgIpc) is 2.77. The van der Waals surface area contributed by atoms with E-state index in [1.54, 1.807) is 36.4 Å². The van der Waals surface area contributed by atoms with Crippen molar-refractivity contribution >= 4 is 46.4 Å². The molecule has 0 aliphatic carbocycles.